The van der Waals surface area contributed by atoms with E-state index < -0.39 is 5.97 Å². The first-order valence-corrected chi connectivity index (χ1v) is 6.85. The van der Waals surface area contributed by atoms with Gasteiger partial charge in [-0.05, 0) is 42.5 Å². The van der Waals surface area contributed by atoms with Gasteiger partial charge in [-0.3, -0.25) is 0 Å². The summed E-state index contributed by atoms with van der Waals surface area (Å²) in [5, 5.41) is 8.60. The monoisotopic (exact) mass is 259 g/mol. The summed E-state index contributed by atoms with van der Waals surface area (Å²) < 4.78 is 0. The number of hydrogen-bond acceptors (Lipinski definition) is 2. The van der Waals surface area contributed by atoms with E-state index in [0.717, 1.165) is 12.1 Å². The fourth-order valence-corrected chi connectivity index (χ4v) is 2.75. The van der Waals surface area contributed by atoms with Gasteiger partial charge in [0.1, 0.15) is 0 Å². The first-order valence-electron chi connectivity index (χ1n) is 6.85. The van der Waals surface area contributed by atoms with E-state index in [1.54, 1.807) is 6.08 Å². The minimum absolute atomic E-state index is 0.625. The number of rotatable bonds is 4. The molecule has 1 unspecified atom stereocenters. The van der Waals surface area contributed by atoms with Gasteiger partial charge in [-0.1, -0.05) is 26.0 Å². The van der Waals surface area contributed by atoms with E-state index in [1.165, 1.54) is 24.6 Å². The summed E-state index contributed by atoms with van der Waals surface area (Å²) in [6, 6.07) is 8.75. The Hall–Kier alpha value is -1.77. The molecule has 0 aliphatic carbocycles. The van der Waals surface area contributed by atoms with E-state index in [1.807, 2.05) is 12.1 Å². The Morgan fingerprint density at radius 3 is 2.63 bits per heavy atom. The third-order valence-electron chi connectivity index (χ3n) is 3.71. The molecule has 1 aliphatic heterocycles. The van der Waals surface area contributed by atoms with Gasteiger partial charge >= 0.3 is 5.97 Å². The molecule has 0 radical (unpaired) electrons. The van der Waals surface area contributed by atoms with Crippen LogP contribution in [0, 0.1) is 5.92 Å². The van der Waals surface area contributed by atoms with Crippen molar-refractivity contribution in [2.75, 3.05) is 11.4 Å². The van der Waals surface area contributed by atoms with Crippen molar-refractivity contribution in [2.24, 2.45) is 5.92 Å². The van der Waals surface area contributed by atoms with Gasteiger partial charge in [-0.2, -0.15) is 0 Å². The number of hydrogen-bond donors (Lipinski definition) is 1. The molecule has 1 aromatic rings. The Morgan fingerprint density at radius 1 is 1.37 bits per heavy atom. The van der Waals surface area contributed by atoms with E-state index in [0.29, 0.717) is 12.0 Å². The van der Waals surface area contributed by atoms with Crippen LogP contribution in [0.4, 0.5) is 5.69 Å². The Labute approximate surface area is 114 Å². The van der Waals surface area contributed by atoms with Crippen LogP contribution >= 0.6 is 0 Å². The van der Waals surface area contributed by atoms with Crippen LogP contribution in [-0.4, -0.2) is 23.7 Å². The second kappa shape index (κ2) is 5.91. The highest BCUT2D eigenvalue weighted by molar-refractivity contribution is 5.85. The average Bonchev–Trinajstić information content (AvgIpc) is 2.86. The third kappa shape index (κ3) is 3.37. The predicted molar refractivity (Wildman–Crippen MR) is 78.3 cm³/mol. The first-order chi connectivity index (χ1) is 9.08. The van der Waals surface area contributed by atoms with Gasteiger partial charge in [0, 0.05) is 24.4 Å². The molecule has 2 rings (SSSR count). The van der Waals surface area contributed by atoms with E-state index in [-0.39, 0.29) is 0 Å². The summed E-state index contributed by atoms with van der Waals surface area (Å²) in [4.78, 5) is 12.9. The van der Waals surface area contributed by atoms with Gasteiger partial charge < -0.3 is 10.0 Å². The number of carboxylic acid groups (broad SMARTS) is 1. The van der Waals surface area contributed by atoms with Crippen molar-refractivity contribution in [1.82, 2.24) is 0 Å². The van der Waals surface area contributed by atoms with Crippen molar-refractivity contribution in [3.63, 3.8) is 0 Å². The standard InChI is InChI=1S/C16H21NO2/c1-12(2)15-4-3-11-17(15)14-8-5-13(6-9-14)7-10-16(18)19/h5-10,12,15H,3-4,11H2,1-2H3,(H,18,19). The molecule has 3 heteroatoms. The Morgan fingerprint density at radius 2 is 2.05 bits per heavy atom. The smallest absolute Gasteiger partial charge is 0.328 e. The summed E-state index contributed by atoms with van der Waals surface area (Å²) in [7, 11) is 0. The SMILES string of the molecule is CC(C)C1CCCN1c1ccc(C=CC(=O)O)cc1. The normalized spacial score (nSPS) is 19.5. The number of carbonyl (C=O) groups is 1. The maximum absolute atomic E-state index is 10.5. The van der Waals surface area contributed by atoms with Crippen molar-refractivity contribution in [1.29, 1.82) is 0 Å². The molecular weight excluding hydrogens is 238 g/mol. The molecule has 1 atom stereocenters. The van der Waals surface area contributed by atoms with Crippen molar-refractivity contribution >= 4 is 17.7 Å². The highest BCUT2D eigenvalue weighted by Gasteiger charge is 2.26. The van der Waals surface area contributed by atoms with Crippen molar-refractivity contribution in [3.05, 3.63) is 35.9 Å². The van der Waals surface area contributed by atoms with Crippen LogP contribution in [0.15, 0.2) is 30.3 Å². The molecule has 3 nitrogen and oxygen atoms in total. The van der Waals surface area contributed by atoms with Crippen molar-refractivity contribution in [3.8, 4) is 0 Å². The van der Waals surface area contributed by atoms with Crippen LogP contribution < -0.4 is 4.90 Å². The van der Waals surface area contributed by atoms with Crippen LogP contribution in [0.5, 0.6) is 0 Å². The third-order valence-corrected chi connectivity index (χ3v) is 3.71. The molecule has 102 valence electrons. The molecule has 1 aromatic carbocycles. The maximum atomic E-state index is 10.5. The zero-order valence-electron chi connectivity index (χ0n) is 11.5. The molecule has 1 fully saturated rings. The minimum atomic E-state index is -0.913. The first kappa shape index (κ1) is 13.7. The van der Waals surface area contributed by atoms with Gasteiger partial charge in [0.15, 0.2) is 0 Å². The van der Waals surface area contributed by atoms with Gasteiger partial charge in [0.05, 0.1) is 0 Å². The Bertz CT molecular complexity index is 462. The van der Waals surface area contributed by atoms with E-state index in [2.05, 4.69) is 30.9 Å². The van der Waals surface area contributed by atoms with Gasteiger partial charge in [-0.15, -0.1) is 0 Å². The lowest BCUT2D eigenvalue weighted by molar-refractivity contribution is -0.131. The predicted octanol–water partition coefficient (Wildman–Crippen LogP) is 3.41. The molecule has 0 aromatic heterocycles. The summed E-state index contributed by atoms with van der Waals surface area (Å²) in [6.45, 7) is 5.66. The zero-order chi connectivity index (χ0) is 13.8. The number of benzene rings is 1. The van der Waals surface area contributed by atoms with E-state index in [4.69, 9.17) is 5.11 Å². The quantitative estimate of drug-likeness (QED) is 0.842. The topological polar surface area (TPSA) is 40.5 Å². The van der Waals surface area contributed by atoms with Gasteiger partial charge in [0.2, 0.25) is 0 Å². The molecule has 0 spiro atoms. The number of nitrogens with zero attached hydrogens (tertiary/aromatic N) is 1. The number of aliphatic carboxylic acids is 1. The molecule has 0 bridgehead atoms. The average molecular weight is 259 g/mol. The van der Waals surface area contributed by atoms with Crippen LogP contribution in [0.1, 0.15) is 32.3 Å². The molecule has 0 saturated carbocycles. The van der Waals surface area contributed by atoms with Crippen LogP contribution in [-0.2, 0) is 4.79 Å². The fourth-order valence-electron chi connectivity index (χ4n) is 2.75. The Balaban J connectivity index is 2.12. The molecule has 0 amide bonds. The van der Waals surface area contributed by atoms with E-state index in [9.17, 15) is 4.79 Å². The lowest BCUT2D eigenvalue weighted by Crippen LogP contribution is -2.33. The highest BCUT2D eigenvalue weighted by Crippen LogP contribution is 2.29. The highest BCUT2D eigenvalue weighted by atomic mass is 16.4. The van der Waals surface area contributed by atoms with Crippen LogP contribution in [0.3, 0.4) is 0 Å². The van der Waals surface area contributed by atoms with Crippen LogP contribution in [0.25, 0.3) is 6.08 Å². The molecule has 19 heavy (non-hydrogen) atoms. The summed E-state index contributed by atoms with van der Waals surface area (Å²) in [5.74, 6) is -0.252. The molecule has 1 N–H and O–H groups in total. The lowest BCUT2D eigenvalue weighted by atomic mass is 10.0. The van der Waals surface area contributed by atoms with Gasteiger partial charge in [0.25, 0.3) is 0 Å². The van der Waals surface area contributed by atoms with E-state index >= 15 is 0 Å². The molecule has 1 saturated heterocycles. The second-order valence-electron chi connectivity index (χ2n) is 5.41. The summed E-state index contributed by atoms with van der Waals surface area (Å²) in [5.41, 5.74) is 2.16. The molecule has 1 heterocycles. The second-order valence-corrected chi connectivity index (χ2v) is 5.41. The summed E-state index contributed by atoms with van der Waals surface area (Å²) >= 11 is 0. The van der Waals surface area contributed by atoms with Crippen molar-refractivity contribution < 1.29 is 9.90 Å². The fraction of sp³-hybridized carbons (Fsp3) is 0.438. The zero-order valence-corrected chi connectivity index (χ0v) is 11.5. The number of anilines is 1. The summed E-state index contributed by atoms with van der Waals surface area (Å²) in [6.07, 6.45) is 5.31. The molecular formula is C16H21NO2. The lowest BCUT2D eigenvalue weighted by Gasteiger charge is -2.29. The maximum Gasteiger partial charge on any atom is 0.328 e. The molecule has 1 aliphatic rings. The van der Waals surface area contributed by atoms with Crippen molar-refractivity contribution in [2.45, 2.75) is 32.7 Å². The van der Waals surface area contributed by atoms with Crippen LogP contribution in [0.2, 0.25) is 0 Å². The van der Waals surface area contributed by atoms with Gasteiger partial charge in [-0.25, -0.2) is 4.79 Å². The largest absolute Gasteiger partial charge is 0.478 e. The minimum Gasteiger partial charge on any atom is -0.478 e. The number of carboxylic acids is 1. The Kier molecular flexibility index (Phi) is 4.25.